The summed E-state index contributed by atoms with van der Waals surface area (Å²) in [4.78, 5) is 5.22. The summed E-state index contributed by atoms with van der Waals surface area (Å²) < 4.78 is 0. The number of likely N-dealkylation sites (tertiary alicyclic amines) is 2. The molecular formula is C12H23N3. The highest BCUT2D eigenvalue weighted by atomic mass is 15.4. The van der Waals surface area contributed by atoms with Crippen LogP contribution in [0.25, 0.3) is 0 Å². The molecule has 0 unspecified atom stereocenters. The normalized spacial score (nSPS) is 32.6. The van der Waals surface area contributed by atoms with Crippen molar-refractivity contribution >= 4 is 0 Å². The van der Waals surface area contributed by atoms with E-state index in [0.717, 1.165) is 5.92 Å². The summed E-state index contributed by atoms with van der Waals surface area (Å²) >= 11 is 0. The highest BCUT2D eigenvalue weighted by Crippen LogP contribution is 2.38. The van der Waals surface area contributed by atoms with Crippen LogP contribution in [0.3, 0.4) is 0 Å². The van der Waals surface area contributed by atoms with Gasteiger partial charge >= 0.3 is 0 Å². The molecule has 1 spiro atoms. The lowest BCUT2D eigenvalue weighted by atomic mass is 9.77. The third-order valence-corrected chi connectivity index (χ3v) is 4.73. The van der Waals surface area contributed by atoms with Crippen molar-refractivity contribution in [3.63, 3.8) is 0 Å². The smallest absolute Gasteiger partial charge is 0.0472 e. The number of hydrogen-bond acceptors (Lipinski definition) is 3. The van der Waals surface area contributed by atoms with Crippen molar-refractivity contribution in [1.82, 2.24) is 15.1 Å². The van der Waals surface area contributed by atoms with Gasteiger partial charge in [-0.25, -0.2) is 0 Å². The van der Waals surface area contributed by atoms with Crippen LogP contribution in [0.15, 0.2) is 0 Å². The number of likely N-dealkylation sites (N-methyl/N-ethyl adjacent to an activating group) is 1. The van der Waals surface area contributed by atoms with Gasteiger partial charge in [-0.3, -0.25) is 9.80 Å². The second-order valence-corrected chi connectivity index (χ2v) is 5.76. The predicted octanol–water partition coefficient (Wildman–Crippen LogP) is 0.376. The minimum Gasteiger partial charge on any atom is -0.317 e. The molecule has 3 saturated heterocycles. The molecule has 3 aliphatic heterocycles. The van der Waals surface area contributed by atoms with Gasteiger partial charge in [0.05, 0.1) is 0 Å². The lowest BCUT2D eigenvalue weighted by molar-refractivity contribution is -0.113. The Bertz CT molecular complexity index is 229. The van der Waals surface area contributed by atoms with Gasteiger partial charge in [0, 0.05) is 31.7 Å². The number of piperidine rings is 1. The number of nitrogens with one attached hydrogen (secondary N) is 1. The lowest BCUT2D eigenvalue weighted by Crippen LogP contribution is -2.75. The van der Waals surface area contributed by atoms with Crippen LogP contribution in [0.4, 0.5) is 0 Å². The van der Waals surface area contributed by atoms with E-state index < -0.39 is 0 Å². The van der Waals surface area contributed by atoms with Crippen molar-refractivity contribution in [3.05, 3.63) is 0 Å². The molecule has 86 valence electrons. The van der Waals surface area contributed by atoms with Gasteiger partial charge in [0.2, 0.25) is 0 Å². The van der Waals surface area contributed by atoms with Crippen LogP contribution in [0.2, 0.25) is 0 Å². The molecule has 0 amide bonds. The van der Waals surface area contributed by atoms with E-state index in [4.69, 9.17) is 0 Å². The molecular weight excluding hydrogens is 186 g/mol. The van der Waals surface area contributed by atoms with E-state index in [1.165, 1.54) is 58.5 Å². The maximum atomic E-state index is 3.44. The molecule has 0 radical (unpaired) electrons. The average molecular weight is 209 g/mol. The van der Waals surface area contributed by atoms with Gasteiger partial charge in [-0.1, -0.05) is 0 Å². The van der Waals surface area contributed by atoms with Crippen molar-refractivity contribution in [2.24, 2.45) is 5.92 Å². The first kappa shape index (κ1) is 10.1. The van der Waals surface area contributed by atoms with Crippen molar-refractivity contribution in [3.8, 4) is 0 Å². The molecule has 0 atom stereocenters. The quantitative estimate of drug-likeness (QED) is 0.709. The van der Waals surface area contributed by atoms with Gasteiger partial charge in [-0.05, 0) is 45.3 Å². The molecule has 3 heterocycles. The Kier molecular flexibility index (Phi) is 2.49. The van der Waals surface area contributed by atoms with Gasteiger partial charge in [0.25, 0.3) is 0 Å². The predicted molar refractivity (Wildman–Crippen MR) is 62.0 cm³/mol. The van der Waals surface area contributed by atoms with Gasteiger partial charge in [0.15, 0.2) is 0 Å². The standard InChI is InChI=1S/C12H23N3/c1-14-7-4-12(14)9-15(10-12)8-11-2-5-13-6-3-11/h11,13H,2-10H2,1H3. The van der Waals surface area contributed by atoms with Crippen molar-refractivity contribution < 1.29 is 0 Å². The van der Waals surface area contributed by atoms with E-state index in [2.05, 4.69) is 22.2 Å². The fourth-order valence-corrected chi connectivity index (χ4v) is 3.40. The third kappa shape index (κ3) is 1.71. The minimum absolute atomic E-state index is 0.618. The Labute approximate surface area is 92.8 Å². The summed E-state index contributed by atoms with van der Waals surface area (Å²) in [6, 6.07) is 0. The third-order valence-electron chi connectivity index (χ3n) is 4.73. The summed E-state index contributed by atoms with van der Waals surface area (Å²) in [5.74, 6) is 0.967. The summed E-state index contributed by atoms with van der Waals surface area (Å²) in [7, 11) is 2.28. The van der Waals surface area contributed by atoms with Gasteiger partial charge < -0.3 is 5.32 Å². The van der Waals surface area contributed by atoms with Crippen molar-refractivity contribution in [1.29, 1.82) is 0 Å². The highest BCUT2D eigenvalue weighted by Gasteiger charge is 2.51. The van der Waals surface area contributed by atoms with E-state index in [1.807, 2.05) is 0 Å². The summed E-state index contributed by atoms with van der Waals surface area (Å²) in [6.45, 7) is 7.84. The first-order valence-corrected chi connectivity index (χ1v) is 6.43. The summed E-state index contributed by atoms with van der Waals surface area (Å²) in [5, 5.41) is 3.44. The Morgan fingerprint density at radius 2 is 2.00 bits per heavy atom. The van der Waals surface area contributed by atoms with Crippen LogP contribution >= 0.6 is 0 Å². The Morgan fingerprint density at radius 1 is 1.27 bits per heavy atom. The molecule has 3 heteroatoms. The molecule has 0 aromatic carbocycles. The second kappa shape index (κ2) is 3.72. The van der Waals surface area contributed by atoms with Crippen molar-refractivity contribution in [2.75, 3.05) is 46.3 Å². The zero-order valence-corrected chi connectivity index (χ0v) is 9.84. The van der Waals surface area contributed by atoms with Crippen LogP contribution in [0.1, 0.15) is 19.3 Å². The zero-order valence-electron chi connectivity index (χ0n) is 9.84. The monoisotopic (exact) mass is 209 g/mol. The number of rotatable bonds is 2. The van der Waals surface area contributed by atoms with Gasteiger partial charge in [-0.15, -0.1) is 0 Å². The molecule has 0 saturated carbocycles. The van der Waals surface area contributed by atoms with Gasteiger partial charge in [0.1, 0.15) is 0 Å². The molecule has 15 heavy (non-hydrogen) atoms. The summed E-state index contributed by atoms with van der Waals surface area (Å²) in [6.07, 6.45) is 4.21. The lowest BCUT2D eigenvalue weighted by Gasteiger charge is -2.62. The molecule has 0 aliphatic carbocycles. The number of hydrogen-bond donors (Lipinski definition) is 1. The maximum absolute atomic E-state index is 3.44. The van der Waals surface area contributed by atoms with E-state index in [-0.39, 0.29) is 0 Å². The average Bonchev–Trinajstić information content (AvgIpc) is 2.22. The van der Waals surface area contributed by atoms with E-state index in [0.29, 0.717) is 5.54 Å². The molecule has 1 N–H and O–H groups in total. The molecule has 3 rings (SSSR count). The SMILES string of the molecule is CN1CCC12CN(CC1CCNCC1)C2. The zero-order chi connectivity index (χ0) is 10.3. The second-order valence-electron chi connectivity index (χ2n) is 5.76. The molecule has 3 aliphatic rings. The van der Waals surface area contributed by atoms with Crippen LogP contribution in [0.5, 0.6) is 0 Å². The minimum atomic E-state index is 0.618. The van der Waals surface area contributed by atoms with E-state index in [9.17, 15) is 0 Å². The first-order valence-electron chi connectivity index (χ1n) is 6.43. The molecule has 0 aromatic heterocycles. The topological polar surface area (TPSA) is 18.5 Å². The van der Waals surface area contributed by atoms with E-state index >= 15 is 0 Å². The molecule has 3 nitrogen and oxygen atoms in total. The van der Waals surface area contributed by atoms with Crippen molar-refractivity contribution in [2.45, 2.75) is 24.8 Å². The fraction of sp³-hybridized carbons (Fsp3) is 1.00. The first-order chi connectivity index (χ1) is 7.28. The Hall–Kier alpha value is -0.120. The molecule has 0 aromatic rings. The van der Waals surface area contributed by atoms with Gasteiger partial charge in [-0.2, -0.15) is 0 Å². The fourth-order valence-electron chi connectivity index (χ4n) is 3.40. The Morgan fingerprint density at radius 3 is 2.53 bits per heavy atom. The Balaban J connectivity index is 1.43. The molecule has 0 bridgehead atoms. The molecule has 3 fully saturated rings. The number of nitrogens with zero attached hydrogens (tertiary/aromatic N) is 2. The van der Waals surface area contributed by atoms with Crippen LogP contribution < -0.4 is 5.32 Å². The van der Waals surface area contributed by atoms with Crippen LogP contribution in [0, 0.1) is 5.92 Å². The summed E-state index contributed by atoms with van der Waals surface area (Å²) in [5.41, 5.74) is 0.618. The largest absolute Gasteiger partial charge is 0.317 e. The van der Waals surface area contributed by atoms with E-state index in [1.54, 1.807) is 0 Å². The van der Waals surface area contributed by atoms with Crippen LogP contribution in [-0.2, 0) is 0 Å². The highest BCUT2D eigenvalue weighted by molar-refractivity contribution is 5.09. The van der Waals surface area contributed by atoms with Crippen LogP contribution in [-0.4, -0.2) is 61.7 Å². The maximum Gasteiger partial charge on any atom is 0.0472 e.